The van der Waals surface area contributed by atoms with Crippen molar-refractivity contribution in [2.45, 2.75) is 37.6 Å². The van der Waals surface area contributed by atoms with E-state index in [1.165, 1.54) is 0 Å². The van der Waals surface area contributed by atoms with Crippen LogP contribution in [0.3, 0.4) is 0 Å². The Kier molecular flexibility index (Phi) is 4.88. The van der Waals surface area contributed by atoms with Crippen molar-refractivity contribution in [3.8, 4) is 23.1 Å². The first-order chi connectivity index (χ1) is 15.5. The van der Waals surface area contributed by atoms with Gasteiger partial charge < -0.3 is 20.3 Å². The Morgan fingerprint density at radius 1 is 1.18 bits per heavy atom. The topological polar surface area (TPSA) is 93.1 Å². The highest BCUT2D eigenvalue weighted by atomic mass is 19.4. The lowest BCUT2D eigenvalue weighted by Crippen LogP contribution is -2.44. The zero-order valence-corrected chi connectivity index (χ0v) is 18.2. The van der Waals surface area contributed by atoms with E-state index in [0.29, 0.717) is 28.4 Å². The van der Waals surface area contributed by atoms with Gasteiger partial charge in [0.15, 0.2) is 0 Å². The number of nitrogen functional groups attached to an aromatic ring is 1. The number of rotatable bonds is 3. The van der Waals surface area contributed by atoms with Crippen LogP contribution in [0.4, 0.5) is 19.1 Å². The van der Waals surface area contributed by atoms with Crippen LogP contribution >= 0.6 is 0 Å². The van der Waals surface area contributed by atoms with Crippen molar-refractivity contribution in [1.29, 1.82) is 0 Å². The van der Waals surface area contributed by atoms with Crippen molar-refractivity contribution >= 4 is 16.9 Å². The summed E-state index contributed by atoms with van der Waals surface area (Å²) >= 11 is 0. The van der Waals surface area contributed by atoms with Gasteiger partial charge >= 0.3 is 6.18 Å². The summed E-state index contributed by atoms with van der Waals surface area (Å²) in [5.41, 5.74) is 4.66. The van der Waals surface area contributed by atoms with Crippen molar-refractivity contribution in [2.75, 3.05) is 25.9 Å². The van der Waals surface area contributed by atoms with Crippen LogP contribution in [0.1, 0.15) is 37.1 Å². The molecule has 0 aromatic carbocycles. The number of likely N-dealkylation sites (tertiary alicyclic amines) is 1. The fraction of sp³-hybridized carbons (Fsp3) is 0.435. The van der Waals surface area contributed by atoms with Crippen LogP contribution in [0.5, 0.6) is 0 Å². The molecule has 1 atom stereocenters. The molecule has 4 heterocycles. The van der Waals surface area contributed by atoms with E-state index in [-0.39, 0.29) is 23.6 Å². The molecule has 1 saturated heterocycles. The smallest absolute Gasteiger partial charge is 0.378 e. The van der Waals surface area contributed by atoms with Crippen LogP contribution in [0.15, 0.2) is 24.7 Å². The van der Waals surface area contributed by atoms with Crippen molar-refractivity contribution in [2.24, 2.45) is 5.92 Å². The molecule has 3 aromatic heterocycles. The van der Waals surface area contributed by atoms with Gasteiger partial charge in [-0.05, 0) is 44.7 Å². The van der Waals surface area contributed by atoms with Crippen molar-refractivity contribution in [3.63, 3.8) is 0 Å². The van der Waals surface area contributed by atoms with E-state index in [1.807, 2.05) is 11.6 Å². The molecular formula is C23H23F3N6O. The van der Waals surface area contributed by atoms with E-state index < -0.39 is 17.3 Å². The molecule has 33 heavy (non-hydrogen) atoms. The van der Waals surface area contributed by atoms with Gasteiger partial charge in [-0.1, -0.05) is 5.92 Å². The maximum atomic E-state index is 13.8. The molecule has 0 amide bonds. The third-order valence-corrected chi connectivity index (χ3v) is 6.34. The number of alkyl halides is 3. The lowest BCUT2D eigenvalue weighted by Gasteiger charge is -2.37. The Bertz CT molecular complexity index is 1290. The van der Waals surface area contributed by atoms with E-state index in [2.05, 4.69) is 31.7 Å². The summed E-state index contributed by atoms with van der Waals surface area (Å²) in [6, 6.07) is 1.76. The van der Waals surface area contributed by atoms with Crippen LogP contribution < -0.4 is 5.73 Å². The summed E-state index contributed by atoms with van der Waals surface area (Å²) in [6.45, 7) is 3.21. The average molecular weight is 456 g/mol. The van der Waals surface area contributed by atoms with Gasteiger partial charge in [-0.25, -0.2) is 15.0 Å². The summed E-state index contributed by atoms with van der Waals surface area (Å²) in [4.78, 5) is 14.0. The first kappa shape index (κ1) is 21.7. The number of pyridine rings is 1. The lowest BCUT2D eigenvalue weighted by atomic mass is 10.0. The SMILES string of the molecule is CN1CC(n2cc(-c3nc(N)ncc3C(F)(F)F)c3cc(C#CC(C)(O)C4CC4)ncc32)C1. The van der Waals surface area contributed by atoms with Crippen LogP contribution in [0.2, 0.25) is 0 Å². The Hall–Kier alpha value is -3.16. The number of aliphatic hydroxyl groups is 1. The number of halogens is 3. The third kappa shape index (κ3) is 4.03. The molecule has 3 aromatic rings. The quantitative estimate of drug-likeness (QED) is 0.589. The van der Waals surface area contributed by atoms with E-state index in [1.54, 1.807) is 25.4 Å². The van der Waals surface area contributed by atoms with Gasteiger partial charge in [0.1, 0.15) is 16.9 Å². The Morgan fingerprint density at radius 3 is 2.55 bits per heavy atom. The molecule has 1 saturated carbocycles. The van der Waals surface area contributed by atoms with E-state index >= 15 is 0 Å². The fourth-order valence-electron chi connectivity index (χ4n) is 4.30. The molecule has 5 rings (SSSR count). The molecule has 172 valence electrons. The van der Waals surface area contributed by atoms with Crippen molar-refractivity contribution < 1.29 is 18.3 Å². The minimum atomic E-state index is -4.65. The van der Waals surface area contributed by atoms with Gasteiger partial charge in [-0.3, -0.25) is 0 Å². The second-order valence-electron chi connectivity index (χ2n) is 9.07. The van der Waals surface area contributed by atoms with E-state index in [9.17, 15) is 18.3 Å². The lowest BCUT2D eigenvalue weighted by molar-refractivity contribution is -0.137. The number of hydrogen-bond donors (Lipinski definition) is 2. The van der Waals surface area contributed by atoms with Gasteiger partial charge in [0.2, 0.25) is 5.95 Å². The first-order valence-corrected chi connectivity index (χ1v) is 10.7. The summed E-state index contributed by atoms with van der Waals surface area (Å²) in [6.07, 6.45) is 1.21. The molecule has 3 N–H and O–H groups in total. The van der Waals surface area contributed by atoms with Gasteiger partial charge in [0.25, 0.3) is 0 Å². The number of fused-ring (bicyclic) bond motifs is 1. The van der Waals surface area contributed by atoms with Crippen molar-refractivity contribution in [3.05, 3.63) is 35.9 Å². The molecule has 1 unspecified atom stereocenters. The summed E-state index contributed by atoms with van der Waals surface area (Å²) < 4.78 is 43.3. The first-order valence-electron chi connectivity index (χ1n) is 10.7. The number of nitrogens with zero attached hydrogens (tertiary/aromatic N) is 5. The second-order valence-corrected chi connectivity index (χ2v) is 9.07. The molecule has 10 heteroatoms. The average Bonchev–Trinajstić information content (AvgIpc) is 3.52. The van der Waals surface area contributed by atoms with E-state index in [0.717, 1.165) is 25.9 Å². The highest BCUT2D eigenvalue weighted by Gasteiger charge is 2.39. The number of hydrogen-bond acceptors (Lipinski definition) is 6. The number of anilines is 1. The van der Waals surface area contributed by atoms with Gasteiger partial charge in [-0.2, -0.15) is 13.2 Å². The predicted octanol–water partition coefficient (Wildman–Crippen LogP) is 3.09. The Balaban J connectivity index is 1.68. The molecule has 0 spiro atoms. The largest absolute Gasteiger partial charge is 0.419 e. The minimum absolute atomic E-state index is 0.106. The highest BCUT2D eigenvalue weighted by molar-refractivity contribution is 5.96. The minimum Gasteiger partial charge on any atom is -0.378 e. The number of nitrogens with two attached hydrogens (primary N) is 1. The Labute approximate surface area is 188 Å². The van der Waals surface area contributed by atoms with Gasteiger partial charge in [0.05, 0.1) is 23.4 Å². The molecule has 1 aliphatic heterocycles. The number of aromatic nitrogens is 4. The summed E-state index contributed by atoms with van der Waals surface area (Å²) in [5, 5.41) is 11.0. The summed E-state index contributed by atoms with van der Waals surface area (Å²) in [5.74, 6) is 5.67. The van der Waals surface area contributed by atoms with E-state index in [4.69, 9.17) is 5.73 Å². The third-order valence-electron chi connectivity index (χ3n) is 6.34. The van der Waals surface area contributed by atoms with Crippen LogP contribution in [0, 0.1) is 17.8 Å². The fourth-order valence-corrected chi connectivity index (χ4v) is 4.30. The molecule has 0 bridgehead atoms. The van der Waals surface area contributed by atoms with Crippen LogP contribution in [-0.4, -0.2) is 55.3 Å². The standard InChI is InChI=1S/C23H23F3N6O/c1-22(33,13-3-4-13)6-5-14-7-16-17(20-18(23(24,25)26)8-29-21(27)30-20)12-32(19(16)9-28-14)15-10-31(2)11-15/h7-9,12-13,15,33H,3-4,10-11H2,1-2H3,(H2,27,29,30). The zero-order chi connectivity index (χ0) is 23.5. The van der Waals surface area contributed by atoms with Crippen molar-refractivity contribution in [1.82, 2.24) is 24.4 Å². The maximum absolute atomic E-state index is 13.8. The Morgan fingerprint density at radius 2 is 1.91 bits per heavy atom. The maximum Gasteiger partial charge on any atom is 0.419 e. The van der Waals surface area contributed by atoms with Crippen LogP contribution in [-0.2, 0) is 6.18 Å². The van der Waals surface area contributed by atoms with Gasteiger partial charge in [0, 0.05) is 36.4 Å². The monoisotopic (exact) mass is 456 g/mol. The second kappa shape index (κ2) is 7.43. The summed E-state index contributed by atoms with van der Waals surface area (Å²) in [7, 11) is 1.98. The zero-order valence-electron chi connectivity index (χ0n) is 18.2. The molecular weight excluding hydrogens is 433 g/mol. The molecule has 2 aliphatic rings. The highest BCUT2D eigenvalue weighted by Crippen LogP contribution is 2.41. The van der Waals surface area contributed by atoms with Crippen LogP contribution in [0.25, 0.3) is 22.2 Å². The van der Waals surface area contributed by atoms with Gasteiger partial charge in [-0.15, -0.1) is 0 Å². The predicted molar refractivity (Wildman–Crippen MR) is 117 cm³/mol. The molecule has 7 nitrogen and oxygen atoms in total. The molecule has 0 radical (unpaired) electrons. The molecule has 2 fully saturated rings. The molecule has 1 aliphatic carbocycles. The number of likely N-dealkylation sites (N-methyl/N-ethyl adjacent to an activating group) is 1. The normalized spacial score (nSPS) is 19.1.